The van der Waals surface area contributed by atoms with Crippen LogP contribution in [0.25, 0.3) is 0 Å². The van der Waals surface area contributed by atoms with Gasteiger partial charge in [-0.05, 0) is 18.3 Å². The molecule has 0 aliphatic carbocycles. The van der Waals surface area contributed by atoms with Crippen molar-refractivity contribution >= 4 is 23.5 Å². The van der Waals surface area contributed by atoms with Crippen LogP contribution in [-0.4, -0.2) is 11.3 Å². The van der Waals surface area contributed by atoms with E-state index >= 15 is 0 Å². The highest BCUT2D eigenvalue weighted by Crippen LogP contribution is 1.82. The van der Waals surface area contributed by atoms with Crippen molar-refractivity contribution in [2.75, 3.05) is 0 Å². The molecule has 0 aromatic rings. The predicted molar refractivity (Wildman–Crippen MR) is 32.4 cm³/mol. The molecule has 0 bridgehead atoms. The van der Waals surface area contributed by atoms with Crippen LogP contribution < -0.4 is 5.32 Å². The van der Waals surface area contributed by atoms with Crippen LogP contribution in [0.2, 0.25) is 0 Å². The Morgan fingerprint density at radius 3 is 2.71 bits per heavy atom. The molecule has 1 aliphatic heterocycles. The Labute approximate surface area is 46.9 Å². The van der Waals surface area contributed by atoms with Gasteiger partial charge in [0.15, 0.2) is 0 Å². The lowest BCUT2D eigenvalue weighted by atomic mass is 10.6. The lowest BCUT2D eigenvalue weighted by Gasteiger charge is -1.92. The van der Waals surface area contributed by atoms with Crippen molar-refractivity contribution < 1.29 is 0 Å². The van der Waals surface area contributed by atoms with Gasteiger partial charge in [-0.3, -0.25) is 0 Å². The Hall–Kier alpha value is -0.700. The monoisotopic (exact) mass is 111 g/mol. The molecular formula is C4H3N2S. The number of thiocarbonyl (C=S) groups is 1. The van der Waals surface area contributed by atoms with Crippen molar-refractivity contribution in [3.05, 3.63) is 12.3 Å². The molecule has 0 amide bonds. The molecule has 0 saturated heterocycles. The van der Waals surface area contributed by atoms with Crippen LogP contribution >= 0.6 is 12.2 Å². The first kappa shape index (κ1) is 4.46. The molecule has 7 heavy (non-hydrogen) atoms. The molecule has 1 rings (SSSR count). The Morgan fingerprint density at radius 1 is 1.57 bits per heavy atom. The van der Waals surface area contributed by atoms with Gasteiger partial charge >= 0.3 is 0 Å². The molecule has 0 atom stereocenters. The van der Waals surface area contributed by atoms with Crippen molar-refractivity contribution in [1.29, 1.82) is 0 Å². The van der Waals surface area contributed by atoms with Gasteiger partial charge in [0, 0.05) is 12.4 Å². The summed E-state index contributed by atoms with van der Waals surface area (Å²) < 4.78 is 0. The smallest absolute Gasteiger partial charge is 0.219 e. The normalized spacial score (nSPS) is 16.9. The lowest BCUT2D eigenvalue weighted by Crippen LogP contribution is -2.05. The maximum Gasteiger partial charge on any atom is 0.219 e. The highest BCUT2D eigenvalue weighted by molar-refractivity contribution is 7.80. The standard InChI is InChI=1S/C4H3N2S/c7-4-5-2-1-3-6-4/h1-3H. The molecule has 0 aromatic carbocycles. The maximum absolute atomic E-state index is 4.59. The molecule has 0 saturated carbocycles. The molecule has 1 radical (unpaired) electrons. The van der Waals surface area contributed by atoms with Crippen LogP contribution in [0, 0.1) is 0 Å². The van der Waals surface area contributed by atoms with Crippen molar-refractivity contribution in [1.82, 2.24) is 5.32 Å². The van der Waals surface area contributed by atoms with Crippen molar-refractivity contribution in [2.24, 2.45) is 4.99 Å². The second kappa shape index (κ2) is 1.84. The van der Waals surface area contributed by atoms with E-state index in [4.69, 9.17) is 0 Å². The van der Waals surface area contributed by atoms with E-state index in [2.05, 4.69) is 22.5 Å². The van der Waals surface area contributed by atoms with Crippen LogP contribution in [0.1, 0.15) is 0 Å². The van der Waals surface area contributed by atoms with E-state index in [9.17, 15) is 0 Å². The highest BCUT2D eigenvalue weighted by atomic mass is 32.1. The van der Waals surface area contributed by atoms with Crippen LogP contribution in [0.4, 0.5) is 0 Å². The Bertz CT molecular complexity index is 137. The lowest BCUT2D eigenvalue weighted by molar-refractivity contribution is 1.25. The summed E-state index contributed by atoms with van der Waals surface area (Å²) in [5, 5.41) is 4.09. The average molecular weight is 111 g/mol. The van der Waals surface area contributed by atoms with E-state index in [1.54, 1.807) is 18.5 Å². The molecule has 35 valence electrons. The zero-order chi connectivity index (χ0) is 5.11. The minimum absolute atomic E-state index is 0.405. The van der Waals surface area contributed by atoms with Crippen LogP contribution in [0.5, 0.6) is 0 Å². The van der Waals surface area contributed by atoms with Gasteiger partial charge in [0.2, 0.25) is 5.11 Å². The summed E-state index contributed by atoms with van der Waals surface area (Å²) in [6, 6.07) is 0. The molecule has 0 N–H and O–H groups in total. The summed E-state index contributed by atoms with van der Waals surface area (Å²) in [5.74, 6) is 0. The van der Waals surface area contributed by atoms with Gasteiger partial charge in [0.05, 0.1) is 0 Å². The predicted octanol–water partition coefficient (Wildman–Crippen LogP) is 0.474. The van der Waals surface area contributed by atoms with Crippen LogP contribution in [-0.2, 0) is 0 Å². The zero-order valence-corrected chi connectivity index (χ0v) is 4.35. The fourth-order valence-electron chi connectivity index (χ4n) is 0.285. The topological polar surface area (TPSA) is 26.5 Å². The third kappa shape index (κ3) is 1.08. The largest absolute Gasteiger partial charge is 0.227 e. The number of aliphatic imine (C=N–C) groups is 1. The fraction of sp³-hybridized carbons (Fsp3) is 0. The number of hydrogen-bond acceptors (Lipinski definition) is 1. The van der Waals surface area contributed by atoms with Gasteiger partial charge in [-0.2, -0.15) is 0 Å². The van der Waals surface area contributed by atoms with Crippen LogP contribution in [0.15, 0.2) is 17.3 Å². The summed E-state index contributed by atoms with van der Waals surface area (Å²) in [6.45, 7) is 0. The fourth-order valence-corrected chi connectivity index (χ4v) is 0.407. The highest BCUT2D eigenvalue weighted by Gasteiger charge is 1.89. The Balaban J connectivity index is 2.66. The van der Waals surface area contributed by atoms with Gasteiger partial charge in [-0.1, -0.05) is 0 Å². The van der Waals surface area contributed by atoms with E-state index in [1.165, 1.54) is 0 Å². The first-order chi connectivity index (χ1) is 3.39. The van der Waals surface area contributed by atoms with E-state index in [1.807, 2.05) is 0 Å². The van der Waals surface area contributed by atoms with Gasteiger partial charge in [-0.25, -0.2) is 10.3 Å². The SMILES string of the molecule is S=C1[N]C=CC=N1. The van der Waals surface area contributed by atoms with Crippen molar-refractivity contribution in [3.8, 4) is 0 Å². The van der Waals surface area contributed by atoms with Gasteiger partial charge < -0.3 is 0 Å². The summed E-state index contributed by atoms with van der Waals surface area (Å²) >= 11 is 4.59. The molecule has 1 heterocycles. The van der Waals surface area contributed by atoms with Crippen LogP contribution in [0.3, 0.4) is 0 Å². The van der Waals surface area contributed by atoms with E-state index < -0.39 is 0 Å². The molecular weight excluding hydrogens is 108 g/mol. The van der Waals surface area contributed by atoms with Gasteiger partial charge in [-0.15, -0.1) is 0 Å². The van der Waals surface area contributed by atoms with E-state index in [0.29, 0.717) is 5.11 Å². The summed E-state index contributed by atoms with van der Waals surface area (Å²) in [7, 11) is 0. The molecule has 2 nitrogen and oxygen atoms in total. The van der Waals surface area contributed by atoms with Crippen molar-refractivity contribution in [3.63, 3.8) is 0 Å². The Kier molecular flexibility index (Phi) is 1.17. The quantitative estimate of drug-likeness (QED) is 0.417. The molecule has 0 fully saturated rings. The summed E-state index contributed by atoms with van der Waals surface area (Å²) in [6.07, 6.45) is 4.97. The minimum atomic E-state index is 0.405. The van der Waals surface area contributed by atoms with E-state index in [-0.39, 0.29) is 0 Å². The zero-order valence-electron chi connectivity index (χ0n) is 3.53. The maximum atomic E-state index is 4.59. The first-order valence-electron chi connectivity index (χ1n) is 1.83. The molecule has 3 heteroatoms. The summed E-state index contributed by atoms with van der Waals surface area (Å²) in [4.78, 5) is 3.68. The van der Waals surface area contributed by atoms with Gasteiger partial charge in [0.1, 0.15) is 0 Å². The molecule has 0 spiro atoms. The second-order valence-electron chi connectivity index (χ2n) is 1.03. The molecule has 0 unspecified atom stereocenters. The Morgan fingerprint density at radius 2 is 2.43 bits per heavy atom. The first-order valence-corrected chi connectivity index (χ1v) is 2.24. The average Bonchev–Trinajstić information content (AvgIpc) is 1.69. The number of nitrogens with zero attached hydrogens (tertiary/aromatic N) is 2. The number of rotatable bonds is 0. The summed E-state index contributed by atoms with van der Waals surface area (Å²) in [5.41, 5.74) is 0. The second-order valence-corrected chi connectivity index (χ2v) is 1.40. The van der Waals surface area contributed by atoms with Crippen molar-refractivity contribution in [2.45, 2.75) is 0 Å². The number of allylic oxidation sites excluding steroid dienone is 1. The van der Waals surface area contributed by atoms with Gasteiger partial charge in [0.25, 0.3) is 0 Å². The number of hydrogen-bond donors (Lipinski definition) is 0. The molecule has 0 aromatic heterocycles. The molecule has 1 aliphatic rings. The minimum Gasteiger partial charge on any atom is -0.227 e. The van der Waals surface area contributed by atoms with E-state index in [0.717, 1.165) is 0 Å². The third-order valence-corrected chi connectivity index (χ3v) is 0.753. The third-order valence-electron chi connectivity index (χ3n) is 0.542.